The largest absolute Gasteiger partial charge is 0.463 e. The number of carbonyl (C=O) groups is 1. The maximum absolute atomic E-state index is 12.3. The van der Waals surface area contributed by atoms with Crippen LogP contribution >= 0.6 is 0 Å². The molecule has 1 amide bonds. The normalized spacial score (nSPS) is 14.0. The molecule has 31 heavy (non-hydrogen) atoms. The summed E-state index contributed by atoms with van der Waals surface area (Å²) in [5.41, 5.74) is 3.78. The van der Waals surface area contributed by atoms with E-state index in [1.165, 1.54) is 25.7 Å². The number of nitrogens with zero attached hydrogens (tertiary/aromatic N) is 3. The lowest BCUT2D eigenvalue weighted by atomic mass is 10.0. The number of anilines is 1. The molecule has 0 radical (unpaired) electrons. The first kappa shape index (κ1) is 21.1. The molecule has 2 aromatic carbocycles. The molecular weight excluding hydrogens is 388 g/mol. The molecule has 6 nitrogen and oxygen atoms in total. The Morgan fingerprint density at radius 1 is 1.13 bits per heavy atom. The fraction of sp³-hybridized carbons (Fsp3) is 0.400. The van der Waals surface area contributed by atoms with E-state index in [2.05, 4.69) is 28.4 Å². The van der Waals surface area contributed by atoms with Crippen LogP contribution in [-0.4, -0.2) is 27.3 Å². The van der Waals surface area contributed by atoms with Crippen LogP contribution in [0.4, 0.5) is 5.69 Å². The van der Waals surface area contributed by atoms with Gasteiger partial charge in [0.2, 0.25) is 5.91 Å². The first-order valence-electron chi connectivity index (χ1n) is 11.2. The van der Waals surface area contributed by atoms with Gasteiger partial charge in [-0.2, -0.15) is 4.98 Å². The molecule has 4 rings (SSSR count). The van der Waals surface area contributed by atoms with Gasteiger partial charge in [0, 0.05) is 17.7 Å². The van der Waals surface area contributed by atoms with Gasteiger partial charge < -0.3 is 10.1 Å². The standard InChI is InChI=1S/C25H30N4O2/c1-3-31-25-27-24(22-11-7-4-8-18(22)2)29(28-25)21-15-13-20(14-16-21)26-23(30)17-12-19-9-5-6-10-19/h4,7-8,11,13-16,19H,3,5-6,9-10,12,17H2,1-2H3,(H,26,30). The van der Waals surface area contributed by atoms with Crippen molar-refractivity contribution in [1.29, 1.82) is 0 Å². The lowest BCUT2D eigenvalue weighted by Crippen LogP contribution is -2.12. The fourth-order valence-corrected chi connectivity index (χ4v) is 4.21. The molecular formula is C25H30N4O2. The Labute approximate surface area is 183 Å². The van der Waals surface area contributed by atoms with Crippen LogP contribution < -0.4 is 10.1 Å². The van der Waals surface area contributed by atoms with Crippen molar-refractivity contribution in [2.45, 2.75) is 52.4 Å². The number of aryl methyl sites for hydroxylation is 1. The quantitative estimate of drug-likeness (QED) is 0.521. The molecule has 1 fully saturated rings. The van der Waals surface area contributed by atoms with Crippen molar-refractivity contribution in [3.8, 4) is 23.1 Å². The van der Waals surface area contributed by atoms with Gasteiger partial charge in [0.25, 0.3) is 0 Å². The summed E-state index contributed by atoms with van der Waals surface area (Å²) in [5, 5.41) is 7.56. The van der Waals surface area contributed by atoms with Crippen molar-refractivity contribution in [3.63, 3.8) is 0 Å². The number of benzene rings is 2. The minimum atomic E-state index is 0.0830. The molecule has 1 aromatic heterocycles. The Hall–Kier alpha value is -3.15. The van der Waals surface area contributed by atoms with Gasteiger partial charge in [-0.3, -0.25) is 4.79 Å². The Bertz CT molecular complexity index is 1020. The minimum Gasteiger partial charge on any atom is -0.463 e. The maximum Gasteiger partial charge on any atom is 0.336 e. The van der Waals surface area contributed by atoms with E-state index in [0.717, 1.165) is 40.7 Å². The summed E-state index contributed by atoms with van der Waals surface area (Å²) in [6, 6.07) is 16.1. The van der Waals surface area contributed by atoms with E-state index in [4.69, 9.17) is 4.74 Å². The van der Waals surface area contributed by atoms with E-state index in [1.807, 2.05) is 49.4 Å². The van der Waals surface area contributed by atoms with Crippen LogP contribution in [0.5, 0.6) is 6.01 Å². The summed E-state index contributed by atoms with van der Waals surface area (Å²) in [5.74, 6) is 1.54. The second-order valence-corrected chi connectivity index (χ2v) is 8.16. The fourth-order valence-electron chi connectivity index (χ4n) is 4.21. The molecule has 1 N–H and O–H groups in total. The molecule has 0 saturated heterocycles. The van der Waals surface area contributed by atoms with Crippen molar-refractivity contribution < 1.29 is 9.53 Å². The number of carbonyl (C=O) groups excluding carboxylic acids is 1. The molecule has 1 aliphatic carbocycles. The molecule has 3 aromatic rings. The Morgan fingerprint density at radius 3 is 2.58 bits per heavy atom. The third-order valence-corrected chi connectivity index (χ3v) is 5.90. The van der Waals surface area contributed by atoms with Crippen LogP contribution in [-0.2, 0) is 4.79 Å². The zero-order valence-corrected chi connectivity index (χ0v) is 18.3. The highest BCUT2D eigenvalue weighted by Gasteiger charge is 2.17. The van der Waals surface area contributed by atoms with Crippen LogP contribution in [0.2, 0.25) is 0 Å². The van der Waals surface area contributed by atoms with Crippen molar-refractivity contribution in [2.24, 2.45) is 5.92 Å². The number of aromatic nitrogens is 3. The molecule has 6 heteroatoms. The van der Waals surface area contributed by atoms with Gasteiger partial charge in [-0.25, -0.2) is 4.68 Å². The summed E-state index contributed by atoms with van der Waals surface area (Å²) in [6.45, 7) is 4.47. The maximum atomic E-state index is 12.3. The molecule has 0 bridgehead atoms. The van der Waals surface area contributed by atoms with Gasteiger partial charge in [0.15, 0.2) is 5.82 Å². The first-order chi connectivity index (χ1) is 15.1. The molecule has 1 heterocycles. The molecule has 0 aliphatic heterocycles. The van der Waals surface area contributed by atoms with E-state index in [1.54, 1.807) is 4.68 Å². The summed E-state index contributed by atoms with van der Waals surface area (Å²) in [6.07, 6.45) is 6.74. The number of ether oxygens (including phenoxy) is 1. The van der Waals surface area contributed by atoms with E-state index >= 15 is 0 Å². The predicted octanol–water partition coefficient (Wildman–Crippen LogP) is 5.55. The Morgan fingerprint density at radius 2 is 1.87 bits per heavy atom. The zero-order chi connectivity index (χ0) is 21.6. The predicted molar refractivity (Wildman–Crippen MR) is 123 cm³/mol. The van der Waals surface area contributed by atoms with E-state index in [0.29, 0.717) is 19.0 Å². The number of hydrogen-bond acceptors (Lipinski definition) is 4. The lowest BCUT2D eigenvalue weighted by Gasteiger charge is -2.11. The van der Waals surface area contributed by atoms with Gasteiger partial charge in [-0.05, 0) is 56.0 Å². The Balaban J connectivity index is 1.50. The van der Waals surface area contributed by atoms with Crippen LogP contribution in [0.1, 0.15) is 51.0 Å². The second kappa shape index (κ2) is 9.77. The highest BCUT2D eigenvalue weighted by molar-refractivity contribution is 5.90. The van der Waals surface area contributed by atoms with Crippen LogP contribution in [0.15, 0.2) is 48.5 Å². The SMILES string of the molecule is CCOc1nc(-c2ccccc2C)n(-c2ccc(NC(=O)CCC3CCCC3)cc2)n1. The van der Waals surface area contributed by atoms with E-state index < -0.39 is 0 Å². The number of hydrogen-bond donors (Lipinski definition) is 1. The number of nitrogens with one attached hydrogen (secondary N) is 1. The topological polar surface area (TPSA) is 69.0 Å². The number of amides is 1. The van der Waals surface area contributed by atoms with Gasteiger partial charge in [0.1, 0.15) is 0 Å². The third-order valence-electron chi connectivity index (χ3n) is 5.90. The molecule has 0 spiro atoms. The monoisotopic (exact) mass is 418 g/mol. The van der Waals surface area contributed by atoms with E-state index in [9.17, 15) is 4.79 Å². The Kier molecular flexibility index (Phi) is 6.65. The lowest BCUT2D eigenvalue weighted by molar-refractivity contribution is -0.116. The highest BCUT2D eigenvalue weighted by atomic mass is 16.5. The van der Waals surface area contributed by atoms with Gasteiger partial charge in [0.05, 0.1) is 12.3 Å². The van der Waals surface area contributed by atoms with Crippen molar-refractivity contribution >= 4 is 11.6 Å². The van der Waals surface area contributed by atoms with E-state index in [-0.39, 0.29) is 5.91 Å². The van der Waals surface area contributed by atoms with Crippen LogP contribution in [0.25, 0.3) is 17.1 Å². The average Bonchev–Trinajstić information content (AvgIpc) is 3.44. The average molecular weight is 419 g/mol. The van der Waals surface area contributed by atoms with Crippen molar-refractivity contribution in [3.05, 3.63) is 54.1 Å². The summed E-state index contributed by atoms with van der Waals surface area (Å²) in [4.78, 5) is 16.9. The summed E-state index contributed by atoms with van der Waals surface area (Å²) in [7, 11) is 0. The first-order valence-corrected chi connectivity index (χ1v) is 11.2. The van der Waals surface area contributed by atoms with Gasteiger partial charge in [-0.1, -0.05) is 49.9 Å². The van der Waals surface area contributed by atoms with Gasteiger partial charge >= 0.3 is 6.01 Å². The summed E-state index contributed by atoms with van der Waals surface area (Å²) < 4.78 is 7.35. The zero-order valence-electron chi connectivity index (χ0n) is 18.3. The molecule has 1 aliphatic rings. The minimum absolute atomic E-state index is 0.0830. The number of rotatable bonds is 8. The molecule has 0 unspecified atom stereocenters. The van der Waals surface area contributed by atoms with Gasteiger partial charge in [-0.15, -0.1) is 5.10 Å². The smallest absolute Gasteiger partial charge is 0.336 e. The van der Waals surface area contributed by atoms with Crippen LogP contribution in [0, 0.1) is 12.8 Å². The van der Waals surface area contributed by atoms with Crippen LogP contribution in [0.3, 0.4) is 0 Å². The second-order valence-electron chi connectivity index (χ2n) is 8.16. The molecule has 162 valence electrons. The molecule has 0 atom stereocenters. The highest BCUT2D eigenvalue weighted by Crippen LogP contribution is 2.29. The van der Waals surface area contributed by atoms with Crippen molar-refractivity contribution in [2.75, 3.05) is 11.9 Å². The third kappa shape index (κ3) is 5.13. The molecule has 1 saturated carbocycles. The summed E-state index contributed by atoms with van der Waals surface area (Å²) >= 11 is 0. The van der Waals surface area contributed by atoms with Crippen molar-refractivity contribution in [1.82, 2.24) is 14.8 Å².